The van der Waals surface area contributed by atoms with Gasteiger partial charge < -0.3 is 0 Å². The number of hydrogen-bond acceptors (Lipinski definition) is 4. The Hall–Kier alpha value is -1.17. The zero-order valence-electron chi connectivity index (χ0n) is 10.4. The lowest BCUT2D eigenvalue weighted by molar-refractivity contribution is -0.142. The summed E-state index contributed by atoms with van der Waals surface area (Å²) in [6.45, 7) is 0. The minimum Gasteiger partial charge on any atom is -0.278 e. The number of fused-ring (bicyclic) bond motifs is 5. The van der Waals surface area contributed by atoms with Gasteiger partial charge in [-0.25, -0.2) is 8.42 Å². The van der Waals surface area contributed by atoms with Gasteiger partial charge in [0, 0.05) is 0 Å². The molecular formula is C13H15NO4S. The fourth-order valence-electron chi connectivity index (χ4n) is 4.26. The van der Waals surface area contributed by atoms with Crippen LogP contribution in [0.2, 0.25) is 0 Å². The van der Waals surface area contributed by atoms with Crippen LogP contribution >= 0.6 is 0 Å². The van der Waals surface area contributed by atoms with E-state index < -0.39 is 15.9 Å². The molecule has 2 aliphatic carbocycles. The van der Waals surface area contributed by atoms with Crippen LogP contribution in [-0.2, 0) is 19.4 Å². The van der Waals surface area contributed by atoms with Crippen molar-refractivity contribution in [2.75, 3.05) is 11.5 Å². The molecule has 2 bridgehead atoms. The molecule has 0 aromatic heterocycles. The lowest BCUT2D eigenvalue weighted by atomic mass is 9.85. The summed E-state index contributed by atoms with van der Waals surface area (Å²) in [6, 6.07) is -0.421. The van der Waals surface area contributed by atoms with E-state index in [2.05, 4.69) is 0 Å². The lowest BCUT2D eigenvalue weighted by Crippen LogP contribution is -2.42. The summed E-state index contributed by atoms with van der Waals surface area (Å²) in [6.07, 6.45) is 5.41. The molecule has 2 saturated heterocycles. The fraction of sp³-hybridized carbons (Fsp3) is 0.692. The summed E-state index contributed by atoms with van der Waals surface area (Å²) in [5, 5.41) is 0. The van der Waals surface area contributed by atoms with Crippen molar-refractivity contribution in [3.8, 4) is 0 Å². The summed E-state index contributed by atoms with van der Waals surface area (Å²) in [5.41, 5.74) is 0. The lowest BCUT2D eigenvalue weighted by Gasteiger charge is -2.22. The summed E-state index contributed by atoms with van der Waals surface area (Å²) in [5.74, 6) is -0.273. The molecule has 5 nitrogen and oxygen atoms in total. The number of amides is 2. The van der Waals surface area contributed by atoms with E-state index in [1.165, 1.54) is 4.90 Å². The van der Waals surface area contributed by atoms with E-state index in [9.17, 15) is 18.0 Å². The van der Waals surface area contributed by atoms with Gasteiger partial charge in [0.25, 0.3) is 0 Å². The SMILES string of the molecule is O=C1[C@@H]2[C@@H](C(=O)N1[C@@H]1CCS(=O)(=O)C1)[C@H]1C=C[C@@H]2C1. The largest absolute Gasteiger partial charge is 0.278 e. The summed E-state index contributed by atoms with van der Waals surface area (Å²) < 4.78 is 23.1. The van der Waals surface area contributed by atoms with E-state index in [4.69, 9.17) is 0 Å². The molecule has 0 N–H and O–H groups in total. The Kier molecular flexibility index (Phi) is 2.13. The third-order valence-corrected chi connectivity index (χ3v) is 6.83. The van der Waals surface area contributed by atoms with Crippen molar-refractivity contribution in [2.24, 2.45) is 23.7 Å². The summed E-state index contributed by atoms with van der Waals surface area (Å²) in [4.78, 5) is 26.2. The van der Waals surface area contributed by atoms with Crippen molar-refractivity contribution in [3.63, 3.8) is 0 Å². The molecule has 0 aromatic rings. The van der Waals surface area contributed by atoms with Gasteiger partial charge >= 0.3 is 0 Å². The number of sulfone groups is 1. The predicted molar refractivity (Wildman–Crippen MR) is 66.6 cm³/mol. The van der Waals surface area contributed by atoms with Gasteiger partial charge in [-0.15, -0.1) is 0 Å². The number of rotatable bonds is 1. The molecule has 19 heavy (non-hydrogen) atoms. The molecule has 2 amide bonds. The first-order valence-electron chi connectivity index (χ1n) is 6.73. The number of allylic oxidation sites excluding steroid dienone is 2. The van der Waals surface area contributed by atoms with Gasteiger partial charge in [0.15, 0.2) is 9.84 Å². The number of nitrogens with zero attached hydrogens (tertiary/aromatic N) is 1. The van der Waals surface area contributed by atoms with Crippen LogP contribution in [0.15, 0.2) is 12.2 Å². The Balaban J connectivity index is 1.66. The first-order chi connectivity index (χ1) is 8.98. The summed E-state index contributed by atoms with van der Waals surface area (Å²) in [7, 11) is -3.08. The minimum atomic E-state index is -3.08. The molecule has 0 radical (unpaired) electrons. The number of likely N-dealkylation sites (tertiary alicyclic amines) is 1. The average Bonchev–Trinajstić information content (AvgIpc) is 3.04. The van der Waals surface area contributed by atoms with Crippen molar-refractivity contribution < 1.29 is 18.0 Å². The third kappa shape index (κ3) is 1.43. The van der Waals surface area contributed by atoms with E-state index in [0.29, 0.717) is 6.42 Å². The predicted octanol–water partition coefficient (Wildman–Crippen LogP) is -0.0194. The molecule has 6 heteroatoms. The molecule has 1 saturated carbocycles. The molecule has 2 heterocycles. The summed E-state index contributed by atoms with van der Waals surface area (Å²) >= 11 is 0. The normalized spacial score (nSPS) is 46.3. The first-order valence-corrected chi connectivity index (χ1v) is 8.56. The van der Waals surface area contributed by atoms with Crippen LogP contribution in [0.3, 0.4) is 0 Å². The van der Waals surface area contributed by atoms with E-state index in [1.807, 2.05) is 12.2 Å². The van der Waals surface area contributed by atoms with Crippen molar-refractivity contribution in [3.05, 3.63) is 12.2 Å². The van der Waals surface area contributed by atoms with E-state index in [1.54, 1.807) is 0 Å². The highest BCUT2D eigenvalue weighted by molar-refractivity contribution is 7.91. The van der Waals surface area contributed by atoms with Crippen LogP contribution < -0.4 is 0 Å². The molecule has 0 aromatic carbocycles. The van der Waals surface area contributed by atoms with Gasteiger partial charge in [-0.05, 0) is 24.7 Å². The maximum absolute atomic E-state index is 12.5. The van der Waals surface area contributed by atoms with Gasteiger partial charge in [-0.2, -0.15) is 0 Å². The van der Waals surface area contributed by atoms with E-state index in [0.717, 1.165) is 6.42 Å². The van der Waals surface area contributed by atoms with Gasteiger partial charge in [0.05, 0.1) is 29.4 Å². The van der Waals surface area contributed by atoms with Crippen molar-refractivity contribution in [1.82, 2.24) is 4.90 Å². The van der Waals surface area contributed by atoms with E-state index in [-0.39, 0.29) is 47.0 Å². The molecule has 102 valence electrons. The van der Waals surface area contributed by atoms with Crippen LogP contribution in [0.4, 0.5) is 0 Å². The average molecular weight is 281 g/mol. The molecule has 0 spiro atoms. The molecule has 0 unspecified atom stereocenters. The molecule has 3 fully saturated rings. The third-order valence-electron chi connectivity index (χ3n) is 5.08. The Labute approximate surface area is 111 Å². The second-order valence-corrected chi connectivity index (χ2v) is 8.33. The van der Waals surface area contributed by atoms with Gasteiger partial charge in [-0.3, -0.25) is 14.5 Å². The molecule has 2 aliphatic heterocycles. The van der Waals surface area contributed by atoms with Crippen LogP contribution in [0.1, 0.15) is 12.8 Å². The van der Waals surface area contributed by atoms with Crippen molar-refractivity contribution >= 4 is 21.7 Å². The molecule has 5 atom stereocenters. The minimum absolute atomic E-state index is 0.0489. The topological polar surface area (TPSA) is 71.5 Å². The number of imide groups is 1. The van der Waals surface area contributed by atoms with Crippen LogP contribution in [0.5, 0.6) is 0 Å². The van der Waals surface area contributed by atoms with E-state index >= 15 is 0 Å². The maximum atomic E-state index is 12.5. The quantitative estimate of drug-likeness (QED) is 0.500. The Morgan fingerprint density at radius 2 is 1.63 bits per heavy atom. The Morgan fingerprint density at radius 1 is 1.05 bits per heavy atom. The molecule has 4 aliphatic rings. The van der Waals surface area contributed by atoms with Gasteiger partial charge in [0.1, 0.15) is 0 Å². The second-order valence-electron chi connectivity index (χ2n) is 6.10. The highest BCUT2D eigenvalue weighted by Crippen LogP contribution is 2.53. The monoisotopic (exact) mass is 281 g/mol. The highest BCUT2D eigenvalue weighted by Gasteiger charge is 2.60. The molecule has 4 rings (SSSR count). The highest BCUT2D eigenvalue weighted by atomic mass is 32.2. The van der Waals surface area contributed by atoms with Crippen LogP contribution in [0, 0.1) is 23.7 Å². The Morgan fingerprint density at radius 3 is 2.11 bits per heavy atom. The zero-order valence-corrected chi connectivity index (χ0v) is 11.2. The van der Waals surface area contributed by atoms with Crippen molar-refractivity contribution in [2.45, 2.75) is 18.9 Å². The van der Waals surface area contributed by atoms with Crippen LogP contribution in [0.25, 0.3) is 0 Å². The standard InChI is InChI=1S/C13H15NO4S/c15-12-10-7-1-2-8(5-7)11(10)13(16)14(12)9-3-4-19(17,18)6-9/h1-2,7-11H,3-6H2/t7-,8+,9-,10+,11+/m1/s1. The number of carbonyl (C=O) groups is 2. The maximum Gasteiger partial charge on any atom is 0.234 e. The van der Waals surface area contributed by atoms with Crippen LogP contribution in [-0.4, -0.2) is 42.7 Å². The smallest absolute Gasteiger partial charge is 0.234 e. The fourth-order valence-corrected chi connectivity index (χ4v) is 5.96. The molecular weight excluding hydrogens is 266 g/mol. The Bertz CT molecular complexity index is 578. The van der Waals surface area contributed by atoms with Gasteiger partial charge in [-0.1, -0.05) is 12.2 Å². The van der Waals surface area contributed by atoms with Crippen molar-refractivity contribution in [1.29, 1.82) is 0 Å². The number of hydrogen-bond donors (Lipinski definition) is 0. The second kappa shape index (κ2) is 3.48. The first kappa shape index (κ1) is 11.6. The zero-order chi connectivity index (χ0) is 13.4. The number of carbonyl (C=O) groups excluding carboxylic acids is 2. The van der Waals surface area contributed by atoms with Gasteiger partial charge in [0.2, 0.25) is 11.8 Å².